The van der Waals surface area contributed by atoms with Crippen LogP contribution in [0.25, 0.3) is 0 Å². The zero-order chi connectivity index (χ0) is 13.6. The van der Waals surface area contributed by atoms with Gasteiger partial charge in [0.05, 0.1) is 11.4 Å². The molecule has 1 aliphatic carbocycles. The van der Waals surface area contributed by atoms with Crippen molar-refractivity contribution in [2.45, 2.75) is 44.4 Å². The number of hydrogen-bond acceptors (Lipinski definition) is 3. The number of rotatable bonds is 2. The molecule has 1 saturated carbocycles. The van der Waals surface area contributed by atoms with Crippen molar-refractivity contribution in [2.75, 3.05) is 13.1 Å². The average Bonchev–Trinajstić information content (AvgIpc) is 2.93. The van der Waals surface area contributed by atoms with Crippen LogP contribution in [0.4, 0.5) is 0 Å². The summed E-state index contributed by atoms with van der Waals surface area (Å²) in [6, 6.07) is 0. The topological polar surface area (TPSA) is 66.1 Å². The second-order valence-corrected chi connectivity index (χ2v) is 7.76. The van der Waals surface area contributed by atoms with Crippen LogP contribution in [0, 0.1) is 25.7 Å². The number of aromatic nitrogens is 2. The minimum absolute atomic E-state index is 0.381. The van der Waals surface area contributed by atoms with Crippen LogP contribution in [0.3, 0.4) is 0 Å². The molecule has 2 aliphatic rings. The van der Waals surface area contributed by atoms with Crippen LogP contribution in [-0.2, 0) is 10.0 Å². The lowest BCUT2D eigenvalue weighted by Gasteiger charge is -2.22. The molecule has 6 heteroatoms. The molecule has 2 unspecified atom stereocenters. The third-order valence-corrected chi connectivity index (χ3v) is 6.70. The van der Waals surface area contributed by atoms with Crippen molar-refractivity contribution in [1.29, 1.82) is 0 Å². The predicted molar refractivity (Wildman–Crippen MR) is 72.3 cm³/mol. The van der Waals surface area contributed by atoms with Crippen LogP contribution >= 0.6 is 0 Å². The Hall–Kier alpha value is -0.880. The van der Waals surface area contributed by atoms with E-state index < -0.39 is 10.0 Å². The van der Waals surface area contributed by atoms with Crippen molar-refractivity contribution in [3.8, 4) is 0 Å². The maximum Gasteiger partial charge on any atom is 0.246 e. The first kappa shape index (κ1) is 13.1. The van der Waals surface area contributed by atoms with Gasteiger partial charge in [-0.3, -0.25) is 5.10 Å². The monoisotopic (exact) mass is 283 g/mol. The van der Waals surface area contributed by atoms with Gasteiger partial charge < -0.3 is 0 Å². The molecule has 5 nitrogen and oxygen atoms in total. The predicted octanol–water partition coefficient (Wildman–Crippen LogP) is 1.84. The van der Waals surface area contributed by atoms with E-state index in [1.54, 1.807) is 18.2 Å². The molecule has 19 heavy (non-hydrogen) atoms. The highest BCUT2D eigenvalue weighted by Gasteiger charge is 2.41. The van der Waals surface area contributed by atoms with Gasteiger partial charge in [-0.15, -0.1) is 0 Å². The summed E-state index contributed by atoms with van der Waals surface area (Å²) >= 11 is 0. The van der Waals surface area contributed by atoms with Crippen LogP contribution < -0.4 is 0 Å². The van der Waals surface area contributed by atoms with Crippen molar-refractivity contribution >= 4 is 10.0 Å². The Morgan fingerprint density at radius 1 is 1.16 bits per heavy atom. The Morgan fingerprint density at radius 2 is 1.74 bits per heavy atom. The lowest BCUT2D eigenvalue weighted by atomic mass is 9.82. The van der Waals surface area contributed by atoms with Crippen molar-refractivity contribution in [3.63, 3.8) is 0 Å². The molecule has 1 N–H and O–H groups in total. The van der Waals surface area contributed by atoms with Crippen molar-refractivity contribution in [3.05, 3.63) is 11.4 Å². The van der Waals surface area contributed by atoms with Crippen LogP contribution in [0.2, 0.25) is 0 Å². The van der Waals surface area contributed by atoms with Crippen molar-refractivity contribution in [1.82, 2.24) is 14.5 Å². The van der Waals surface area contributed by atoms with Gasteiger partial charge in [-0.2, -0.15) is 9.40 Å². The molecule has 0 radical (unpaired) electrons. The molecule has 2 fully saturated rings. The first-order valence-corrected chi connectivity index (χ1v) is 8.46. The Labute approximate surface area is 114 Å². The van der Waals surface area contributed by atoms with E-state index >= 15 is 0 Å². The van der Waals surface area contributed by atoms with E-state index in [2.05, 4.69) is 10.2 Å². The number of aryl methyl sites for hydroxylation is 2. The number of aromatic amines is 1. The van der Waals surface area contributed by atoms with Crippen molar-refractivity contribution in [2.24, 2.45) is 11.8 Å². The van der Waals surface area contributed by atoms with Gasteiger partial charge >= 0.3 is 0 Å². The number of H-pyrrole nitrogens is 1. The summed E-state index contributed by atoms with van der Waals surface area (Å²) in [5.41, 5.74) is 1.22. The molecule has 0 aromatic carbocycles. The van der Waals surface area contributed by atoms with Crippen LogP contribution in [-0.4, -0.2) is 36.0 Å². The van der Waals surface area contributed by atoms with Gasteiger partial charge in [-0.05, 0) is 38.5 Å². The fraction of sp³-hybridized carbons (Fsp3) is 0.769. The van der Waals surface area contributed by atoms with Gasteiger partial charge in [0, 0.05) is 13.1 Å². The van der Waals surface area contributed by atoms with Crippen LogP contribution in [0.1, 0.15) is 37.1 Å². The molecule has 0 spiro atoms. The van der Waals surface area contributed by atoms with E-state index in [0.29, 0.717) is 41.2 Å². The maximum atomic E-state index is 12.7. The average molecular weight is 283 g/mol. The molecule has 106 valence electrons. The van der Waals surface area contributed by atoms with E-state index in [0.717, 1.165) is 0 Å². The number of nitrogens with one attached hydrogen (secondary N) is 1. The van der Waals surface area contributed by atoms with E-state index in [-0.39, 0.29) is 0 Å². The Morgan fingerprint density at radius 3 is 2.21 bits per heavy atom. The fourth-order valence-electron chi connectivity index (χ4n) is 3.61. The van der Waals surface area contributed by atoms with E-state index in [1.165, 1.54) is 25.7 Å². The van der Waals surface area contributed by atoms with Gasteiger partial charge in [-0.1, -0.05) is 12.8 Å². The summed E-state index contributed by atoms with van der Waals surface area (Å²) in [6.07, 6.45) is 4.86. The molecule has 1 aromatic rings. The largest absolute Gasteiger partial charge is 0.281 e. The van der Waals surface area contributed by atoms with Crippen LogP contribution in [0.15, 0.2) is 4.90 Å². The molecule has 2 heterocycles. The normalized spacial score (nSPS) is 28.5. The summed E-state index contributed by atoms with van der Waals surface area (Å²) in [4.78, 5) is 0.381. The summed E-state index contributed by atoms with van der Waals surface area (Å²) in [6.45, 7) is 4.91. The Bertz CT molecular complexity index is 545. The molecule has 3 rings (SSSR count). The lowest BCUT2D eigenvalue weighted by Crippen LogP contribution is -2.30. The Kier molecular flexibility index (Phi) is 3.17. The van der Waals surface area contributed by atoms with Crippen LogP contribution in [0.5, 0.6) is 0 Å². The maximum absolute atomic E-state index is 12.7. The second kappa shape index (κ2) is 4.59. The standard InChI is InChI=1S/C13H21N3O2S/c1-9-13(10(2)15-14-9)19(17,18)16-7-11-5-3-4-6-12(11)8-16/h11-12H,3-8H2,1-2H3,(H,14,15). The van der Waals surface area contributed by atoms with Crippen molar-refractivity contribution < 1.29 is 8.42 Å². The quantitative estimate of drug-likeness (QED) is 0.900. The third kappa shape index (κ3) is 2.10. The highest BCUT2D eigenvalue weighted by molar-refractivity contribution is 7.89. The van der Waals surface area contributed by atoms with E-state index in [9.17, 15) is 8.42 Å². The summed E-state index contributed by atoms with van der Waals surface area (Å²) in [7, 11) is -3.38. The minimum atomic E-state index is -3.38. The summed E-state index contributed by atoms with van der Waals surface area (Å²) in [5, 5.41) is 6.79. The lowest BCUT2D eigenvalue weighted by molar-refractivity contribution is 0.299. The van der Waals surface area contributed by atoms with Gasteiger partial charge in [-0.25, -0.2) is 8.42 Å². The molecule has 1 aliphatic heterocycles. The summed E-state index contributed by atoms with van der Waals surface area (Å²) in [5.74, 6) is 1.13. The molecule has 0 bridgehead atoms. The SMILES string of the molecule is Cc1n[nH]c(C)c1S(=O)(=O)N1CC2CCCCC2C1. The molecular formula is C13H21N3O2S. The first-order chi connectivity index (χ1) is 9.00. The van der Waals surface area contributed by atoms with E-state index in [4.69, 9.17) is 0 Å². The highest BCUT2D eigenvalue weighted by atomic mass is 32.2. The third-order valence-electron chi connectivity index (χ3n) is 4.60. The number of hydrogen-bond donors (Lipinski definition) is 1. The number of nitrogens with zero attached hydrogens (tertiary/aromatic N) is 2. The second-order valence-electron chi connectivity index (χ2n) is 5.89. The first-order valence-electron chi connectivity index (χ1n) is 7.02. The molecule has 0 amide bonds. The van der Waals surface area contributed by atoms with Gasteiger partial charge in [0.15, 0.2) is 0 Å². The molecule has 2 atom stereocenters. The Balaban J connectivity index is 1.90. The molecule has 1 saturated heterocycles. The molecule has 1 aromatic heterocycles. The van der Waals surface area contributed by atoms with Gasteiger partial charge in [0.25, 0.3) is 0 Å². The smallest absolute Gasteiger partial charge is 0.246 e. The zero-order valence-corrected chi connectivity index (χ0v) is 12.3. The fourth-order valence-corrected chi connectivity index (χ4v) is 5.49. The van der Waals surface area contributed by atoms with Gasteiger partial charge in [0.1, 0.15) is 4.90 Å². The van der Waals surface area contributed by atoms with Gasteiger partial charge in [0.2, 0.25) is 10.0 Å². The molecular weight excluding hydrogens is 262 g/mol. The number of fused-ring (bicyclic) bond motifs is 1. The summed E-state index contributed by atoms with van der Waals surface area (Å²) < 4.78 is 27.2. The minimum Gasteiger partial charge on any atom is -0.281 e. The van der Waals surface area contributed by atoms with E-state index in [1.807, 2.05) is 0 Å². The zero-order valence-electron chi connectivity index (χ0n) is 11.5. The number of sulfonamides is 1. The highest BCUT2D eigenvalue weighted by Crippen LogP contribution is 2.38.